The number of amides is 1. The lowest BCUT2D eigenvalue weighted by Gasteiger charge is -2.12. The third-order valence-electron chi connectivity index (χ3n) is 3.43. The molecule has 21 heavy (non-hydrogen) atoms. The first-order chi connectivity index (χ1) is 10.1. The van der Waals surface area contributed by atoms with Gasteiger partial charge in [-0.1, -0.05) is 25.5 Å². The largest absolute Gasteiger partial charge is 0.399 e. The number of anilines is 1. The Morgan fingerprint density at radius 1 is 1.43 bits per heavy atom. The second-order valence-corrected chi connectivity index (χ2v) is 5.16. The zero-order valence-corrected chi connectivity index (χ0v) is 12.5. The molecule has 0 saturated heterocycles. The number of nitrogen functional groups attached to an aromatic ring is 1. The lowest BCUT2D eigenvalue weighted by molar-refractivity contribution is -0.124. The fourth-order valence-electron chi connectivity index (χ4n) is 2.07. The Kier molecular flexibility index (Phi) is 4.98. The van der Waals surface area contributed by atoms with E-state index in [9.17, 15) is 4.79 Å². The van der Waals surface area contributed by atoms with Crippen LogP contribution in [-0.4, -0.2) is 22.2 Å². The Labute approximate surface area is 125 Å². The van der Waals surface area contributed by atoms with Gasteiger partial charge in [-0.3, -0.25) is 9.48 Å². The molecule has 0 spiro atoms. The van der Waals surface area contributed by atoms with E-state index in [0.717, 1.165) is 24.0 Å². The molecule has 0 radical (unpaired) electrons. The number of benzene rings is 1. The first-order valence-corrected chi connectivity index (χ1v) is 7.29. The van der Waals surface area contributed by atoms with Gasteiger partial charge in [-0.05, 0) is 31.0 Å². The molecular weight excluding hydrogens is 264 g/mol. The number of nitrogens with zero attached hydrogens (tertiary/aromatic N) is 2. The van der Waals surface area contributed by atoms with Crippen molar-refractivity contribution in [2.75, 3.05) is 12.3 Å². The molecule has 1 atom stereocenters. The second kappa shape index (κ2) is 6.92. The molecule has 0 aliphatic carbocycles. The zero-order chi connectivity index (χ0) is 15.2. The topological polar surface area (TPSA) is 72.9 Å². The molecule has 0 saturated carbocycles. The van der Waals surface area contributed by atoms with E-state index in [1.54, 1.807) is 10.9 Å². The molecular formula is C16H22N4O. The molecule has 0 fully saturated rings. The predicted molar refractivity (Wildman–Crippen MR) is 84.7 cm³/mol. The van der Waals surface area contributed by atoms with Gasteiger partial charge in [0.25, 0.3) is 0 Å². The van der Waals surface area contributed by atoms with Crippen LogP contribution < -0.4 is 11.1 Å². The number of rotatable bonds is 6. The number of aromatic nitrogens is 2. The van der Waals surface area contributed by atoms with Crippen LogP contribution in [0.3, 0.4) is 0 Å². The zero-order valence-electron chi connectivity index (χ0n) is 12.5. The van der Waals surface area contributed by atoms with Crippen LogP contribution in [0.15, 0.2) is 36.7 Å². The summed E-state index contributed by atoms with van der Waals surface area (Å²) in [5.74, 6) is -0.00863. The van der Waals surface area contributed by atoms with E-state index in [4.69, 9.17) is 5.73 Å². The van der Waals surface area contributed by atoms with Gasteiger partial charge < -0.3 is 11.1 Å². The minimum absolute atomic E-state index is 0.00863. The third-order valence-corrected chi connectivity index (χ3v) is 3.43. The monoisotopic (exact) mass is 286 g/mol. The highest BCUT2D eigenvalue weighted by Gasteiger charge is 2.15. The molecule has 2 rings (SSSR count). The van der Waals surface area contributed by atoms with Crippen molar-refractivity contribution in [3.05, 3.63) is 36.7 Å². The molecule has 3 N–H and O–H groups in total. The van der Waals surface area contributed by atoms with Crippen LogP contribution in [0, 0.1) is 0 Å². The van der Waals surface area contributed by atoms with Gasteiger partial charge in [0.2, 0.25) is 5.91 Å². The van der Waals surface area contributed by atoms with Crippen LogP contribution in [0.5, 0.6) is 0 Å². The summed E-state index contributed by atoms with van der Waals surface area (Å²) in [6, 6.07) is 7.30. The van der Waals surface area contributed by atoms with Gasteiger partial charge in [0.05, 0.1) is 6.20 Å². The molecule has 0 aliphatic heterocycles. The number of nitrogens with two attached hydrogens (primary N) is 1. The van der Waals surface area contributed by atoms with E-state index in [-0.39, 0.29) is 11.9 Å². The highest BCUT2D eigenvalue weighted by molar-refractivity contribution is 5.80. The number of hydrogen-bond donors (Lipinski definition) is 2. The van der Waals surface area contributed by atoms with Crippen LogP contribution >= 0.6 is 0 Å². The summed E-state index contributed by atoms with van der Waals surface area (Å²) in [6.45, 7) is 4.65. The summed E-state index contributed by atoms with van der Waals surface area (Å²) in [6.07, 6.45) is 5.69. The van der Waals surface area contributed by atoms with Crippen LogP contribution in [0.4, 0.5) is 5.69 Å². The summed E-state index contributed by atoms with van der Waals surface area (Å²) < 4.78 is 1.68. The van der Waals surface area contributed by atoms with Gasteiger partial charge >= 0.3 is 0 Å². The summed E-state index contributed by atoms with van der Waals surface area (Å²) >= 11 is 0. The number of hydrogen-bond acceptors (Lipinski definition) is 3. The van der Waals surface area contributed by atoms with E-state index < -0.39 is 0 Å². The van der Waals surface area contributed by atoms with Crippen molar-refractivity contribution in [1.82, 2.24) is 15.1 Å². The molecule has 1 aromatic heterocycles. The Hall–Kier alpha value is -2.30. The lowest BCUT2D eigenvalue weighted by Crippen LogP contribution is -2.31. The Balaban J connectivity index is 2.07. The first kappa shape index (κ1) is 15.1. The van der Waals surface area contributed by atoms with Gasteiger partial charge in [0.15, 0.2) is 0 Å². The first-order valence-electron chi connectivity index (χ1n) is 7.29. The van der Waals surface area contributed by atoms with Crippen molar-refractivity contribution in [3.8, 4) is 11.1 Å². The van der Waals surface area contributed by atoms with Gasteiger partial charge in [-0.2, -0.15) is 5.10 Å². The molecule has 0 aliphatic rings. The number of unbranched alkanes of at least 4 members (excludes halogenated alkanes) is 1. The maximum absolute atomic E-state index is 12.0. The molecule has 5 heteroatoms. The van der Waals surface area contributed by atoms with Crippen LogP contribution in [0.25, 0.3) is 11.1 Å². The number of nitrogens with one attached hydrogen (secondary N) is 1. The average molecular weight is 286 g/mol. The average Bonchev–Trinajstić information content (AvgIpc) is 2.96. The van der Waals surface area contributed by atoms with E-state index >= 15 is 0 Å². The lowest BCUT2D eigenvalue weighted by atomic mass is 10.1. The van der Waals surface area contributed by atoms with E-state index in [1.165, 1.54) is 0 Å². The Morgan fingerprint density at radius 2 is 2.24 bits per heavy atom. The summed E-state index contributed by atoms with van der Waals surface area (Å²) in [5.41, 5.74) is 8.46. The number of carbonyl (C=O) groups excluding carboxylic acids is 1. The molecule has 0 bridgehead atoms. The normalized spacial score (nSPS) is 12.1. The van der Waals surface area contributed by atoms with Crippen molar-refractivity contribution < 1.29 is 4.79 Å². The van der Waals surface area contributed by atoms with Crippen LogP contribution in [0.2, 0.25) is 0 Å². The fraction of sp³-hybridized carbons (Fsp3) is 0.375. The highest BCUT2D eigenvalue weighted by atomic mass is 16.2. The van der Waals surface area contributed by atoms with E-state index in [1.807, 2.05) is 37.4 Å². The molecule has 1 amide bonds. The van der Waals surface area contributed by atoms with Gasteiger partial charge in [0, 0.05) is 24.0 Å². The minimum atomic E-state index is -0.323. The molecule has 1 aromatic carbocycles. The molecule has 1 unspecified atom stereocenters. The SMILES string of the molecule is CCCCNC(=O)C(C)n1cc(-c2cccc(N)c2)cn1. The van der Waals surface area contributed by atoms with Crippen molar-refractivity contribution in [2.45, 2.75) is 32.7 Å². The quantitative estimate of drug-likeness (QED) is 0.633. The molecule has 2 aromatic rings. The van der Waals surface area contributed by atoms with Crippen molar-refractivity contribution in [3.63, 3.8) is 0 Å². The summed E-state index contributed by atoms with van der Waals surface area (Å²) in [5, 5.41) is 7.21. The smallest absolute Gasteiger partial charge is 0.244 e. The highest BCUT2D eigenvalue weighted by Crippen LogP contribution is 2.21. The Morgan fingerprint density at radius 3 is 2.95 bits per heavy atom. The summed E-state index contributed by atoms with van der Waals surface area (Å²) in [4.78, 5) is 12.0. The molecule has 112 valence electrons. The maximum Gasteiger partial charge on any atom is 0.244 e. The van der Waals surface area contributed by atoms with Crippen LogP contribution in [-0.2, 0) is 4.79 Å². The second-order valence-electron chi connectivity index (χ2n) is 5.16. The fourth-order valence-corrected chi connectivity index (χ4v) is 2.07. The molecule has 1 heterocycles. The number of carbonyl (C=O) groups is 1. The van der Waals surface area contributed by atoms with Gasteiger partial charge in [-0.15, -0.1) is 0 Å². The maximum atomic E-state index is 12.0. The Bertz CT molecular complexity index is 606. The van der Waals surface area contributed by atoms with Crippen molar-refractivity contribution in [2.24, 2.45) is 0 Å². The van der Waals surface area contributed by atoms with Crippen molar-refractivity contribution in [1.29, 1.82) is 0 Å². The van der Waals surface area contributed by atoms with Gasteiger partial charge in [0.1, 0.15) is 6.04 Å². The third kappa shape index (κ3) is 3.84. The van der Waals surface area contributed by atoms with Crippen molar-refractivity contribution >= 4 is 11.6 Å². The summed E-state index contributed by atoms with van der Waals surface area (Å²) in [7, 11) is 0. The minimum Gasteiger partial charge on any atom is -0.399 e. The molecule has 5 nitrogen and oxygen atoms in total. The van der Waals surface area contributed by atoms with E-state index in [2.05, 4.69) is 17.3 Å². The standard InChI is InChI=1S/C16H22N4O/c1-3-4-8-18-16(21)12(2)20-11-14(10-19-20)13-6-5-7-15(17)9-13/h5-7,9-12H,3-4,8,17H2,1-2H3,(H,18,21). The van der Waals surface area contributed by atoms with E-state index in [0.29, 0.717) is 12.2 Å². The van der Waals surface area contributed by atoms with Gasteiger partial charge in [-0.25, -0.2) is 0 Å². The predicted octanol–water partition coefficient (Wildman–Crippen LogP) is 2.61. The van der Waals surface area contributed by atoms with Crippen LogP contribution in [0.1, 0.15) is 32.7 Å².